The van der Waals surface area contributed by atoms with Gasteiger partial charge in [0.2, 0.25) is 0 Å². The van der Waals surface area contributed by atoms with Crippen LogP contribution in [0.3, 0.4) is 0 Å². The van der Waals surface area contributed by atoms with Crippen molar-refractivity contribution in [3.05, 3.63) is 52.9 Å². The third-order valence-corrected chi connectivity index (χ3v) is 5.50. The van der Waals surface area contributed by atoms with Crippen LogP contribution in [0.1, 0.15) is 19.4 Å². The Morgan fingerprint density at radius 1 is 1.07 bits per heavy atom. The van der Waals surface area contributed by atoms with E-state index in [1.165, 1.54) is 11.8 Å². The molecule has 29 heavy (non-hydrogen) atoms. The molecule has 1 heterocycles. The zero-order chi connectivity index (χ0) is 20.8. The number of hydrogen-bond acceptors (Lipinski definition) is 6. The van der Waals surface area contributed by atoms with E-state index in [9.17, 15) is 4.79 Å². The average Bonchev–Trinajstić information content (AvgIpc) is 3.08. The molecule has 0 aromatic heterocycles. The number of rotatable bonds is 7. The third kappa shape index (κ3) is 4.74. The van der Waals surface area contributed by atoms with Gasteiger partial charge in [0.15, 0.2) is 5.17 Å². The number of amidine groups is 1. The highest BCUT2D eigenvalue weighted by molar-refractivity contribution is 8.18. The summed E-state index contributed by atoms with van der Waals surface area (Å²) < 4.78 is 10.9. The molecule has 1 fully saturated rings. The fourth-order valence-electron chi connectivity index (χ4n) is 3.06. The highest BCUT2D eigenvalue weighted by atomic mass is 32.2. The largest absolute Gasteiger partial charge is 0.496 e. The van der Waals surface area contributed by atoms with Crippen molar-refractivity contribution in [3.63, 3.8) is 0 Å². The van der Waals surface area contributed by atoms with Crippen molar-refractivity contribution in [2.45, 2.75) is 13.8 Å². The van der Waals surface area contributed by atoms with Gasteiger partial charge in [-0.1, -0.05) is 12.1 Å². The van der Waals surface area contributed by atoms with Gasteiger partial charge >= 0.3 is 0 Å². The molecule has 3 rings (SSSR count). The maximum absolute atomic E-state index is 12.4. The fourth-order valence-corrected chi connectivity index (χ4v) is 3.88. The van der Waals surface area contributed by atoms with Crippen LogP contribution in [0.25, 0.3) is 6.08 Å². The number of benzene rings is 2. The Morgan fingerprint density at radius 3 is 2.48 bits per heavy atom. The number of nitrogens with one attached hydrogen (secondary N) is 1. The van der Waals surface area contributed by atoms with Crippen molar-refractivity contribution in [3.8, 4) is 11.5 Å². The molecule has 0 saturated carbocycles. The van der Waals surface area contributed by atoms with Gasteiger partial charge in [0, 0.05) is 30.4 Å². The third-order valence-electron chi connectivity index (χ3n) is 4.59. The van der Waals surface area contributed by atoms with Crippen molar-refractivity contribution in [1.29, 1.82) is 0 Å². The zero-order valence-corrected chi connectivity index (χ0v) is 17.9. The minimum absolute atomic E-state index is 0.182. The molecule has 0 aliphatic carbocycles. The Hall–Kier alpha value is -2.93. The molecule has 0 unspecified atom stereocenters. The summed E-state index contributed by atoms with van der Waals surface area (Å²) in [6.45, 7) is 6.07. The minimum atomic E-state index is -0.182. The van der Waals surface area contributed by atoms with Gasteiger partial charge in [0.05, 0.1) is 19.1 Å². The number of anilines is 1. The fraction of sp³-hybridized carbons (Fsp3) is 0.273. The Balaban J connectivity index is 1.87. The number of ether oxygens (including phenoxy) is 2. The molecule has 1 N–H and O–H groups in total. The SMILES string of the molecule is CCN(CC)c1ccc(/C=C2\SC(=Nc3ccccc3OC)NC2=O)c(OC)c1. The van der Waals surface area contributed by atoms with Gasteiger partial charge < -0.3 is 19.7 Å². The van der Waals surface area contributed by atoms with E-state index in [4.69, 9.17) is 9.47 Å². The summed E-state index contributed by atoms with van der Waals surface area (Å²) in [6.07, 6.45) is 1.83. The van der Waals surface area contributed by atoms with Crippen LogP contribution in [0.15, 0.2) is 52.4 Å². The molecule has 7 heteroatoms. The van der Waals surface area contributed by atoms with Crippen LogP contribution >= 0.6 is 11.8 Å². The Bertz CT molecular complexity index is 952. The van der Waals surface area contributed by atoms with Crippen LogP contribution in [0.5, 0.6) is 11.5 Å². The van der Waals surface area contributed by atoms with Crippen molar-refractivity contribution in [1.82, 2.24) is 5.32 Å². The summed E-state index contributed by atoms with van der Waals surface area (Å²) in [6, 6.07) is 13.5. The molecular formula is C22H25N3O3S. The lowest BCUT2D eigenvalue weighted by atomic mass is 10.1. The molecule has 1 aliphatic heterocycles. The number of hydrogen-bond donors (Lipinski definition) is 1. The average molecular weight is 412 g/mol. The van der Waals surface area contributed by atoms with E-state index in [2.05, 4.69) is 29.1 Å². The molecule has 0 bridgehead atoms. The number of thioether (sulfide) groups is 1. The molecule has 2 aromatic carbocycles. The van der Waals surface area contributed by atoms with Gasteiger partial charge in [-0.25, -0.2) is 4.99 Å². The first kappa shape index (κ1) is 20.8. The summed E-state index contributed by atoms with van der Waals surface area (Å²) in [4.78, 5) is 19.8. The van der Waals surface area contributed by atoms with Crippen molar-refractivity contribution in [2.75, 3.05) is 32.2 Å². The summed E-state index contributed by atoms with van der Waals surface area (Å²) in [5.74, 6) is 1.20. The predicted molar refractivity (Wildman–Crippen MR) is 120 cm³/mol. The monoisotopic (exact) mass is 411 g/mol. The van der Waals surface area contributed by atoms with Gasteiger partial charge in [0.1, 0.15) is 17.2 Å². The lowest BCUT2D eigenvalue weighted by Gasteiger charge is -2.22. The Labute approximate surface area is 175 Å². The van der Waals surface area contributed by atoms with E-state index in [0.29, 0.717) is 21.5 Å². The molecule has 152 valence electrons. The molecule has 1 aliphatic rings. The number of nitrogens with zero attached hydrogens (tertiary/aromatic N) is 2. The first-order valence-corrected chi connectivity index (χ1v) is 10.3. The van der Waals surface area contributed by atoms with Crippen LogP contribution in [-0.2, 0) is 4.79 Å². The van der Waals surface area contributed by atoms with Gasteiger partial charge in [-0.3, -0.25) is 4.79 Å². The molecule has 1 saturated heterocycles. The van der Waals surface area contributed by atoms with Crippen LogP contribution in [-0.4, -0.2) is 38.4 Å². The highest BCUT2D eigenvalue weighted by Gasteiger charge is 2.24. The normalized spacial score (nSPS) is 16.2. The van der Waals surface area contributed by atoms with Crippen molar-refractivity contribution >= 4 is 40.3 Å². The van der Waals surface area contributed by atoms with Gasteiger partial charge in [0.25, 0.3) is 5.91 Å². The topological polar surface area (TPSA) is 63.2 Å². The Morgan fingerprint density at radius 2 is 1.79 bits per heavy atom. The van der Waals surface area contributed by atoms with E-state index in [0.717, 1.165) is 30.1 Å². The van der Waals surface area contributed by atoms with E-state index in [1.54, 1.807) is 14.2 Å². The van der Waals surface area contributed by atoms with Crippen LogP contribution in [0.4, 0.5) is 11.4 Å². The number of carbonyl (C=O) groups is 1. The van der Waals surface area contributed by atoms with Crippen LogP contribution < -0.4 is 19.7 Å². The molecular weight excluding hydrogens is 386 g/mol. The molecule has 1 amide bonds. The van der Waals surface area contributed by atoms with E-state index >= 15 is 0 Å². The van der Waals surface area contributed by atoms with E-state index < -0.39 is 0 Å². The van der Waals surface area contributed by atoms with E-state index in [1.807, 2.05) is 48.5 Å². The number of methoxy groups -OCH3 is 2. The Kier molecular flexibility index (Phi) is 6.82. The quantitative estimate of drug-likeness (QED) is 0.683. The minimum Gasteiger partial charge on any atom is -0.496 e. The summed E-state index contributed by atoms with van der Waals surface area (Å²) in [5, 5.41) is 3.33. The van der Waals surface area contributed by atoms with E-state index in [-0.39, 0.29) is 5.91 Å². The smallest absolute Gasteiger partial charge is 0.264 e. The zero-order valence-electron chi connectivity index (χ0n) is 17.1. The second kappa shape index (κ2) is 9.52. The summed E-state index contributed by atoms with van der Waals surface area (Å²) >= 11 is 1.30. The maximum atomic E-state index is 12.4. The highest BCUT2D eigenvalue weighted by Crippen LogP contribution is 2.34. The molecule has 0 spiro atoms. The van der Waals surface area contributed by atoms with Gasteiger partial charge in [-0.05, 0) is 56.0 Å². The first-order chi connectivity index (χ1) is 14.1. The molecule has 0 atom stereocenters. The predicted octanol–water partition coefficient (Wildman–Crippen LogP) is 4.44. The summed E-state index contributed by atoms with van der Waals surface area (Å²) in [7, 11) is 3.23. The van der Waals surface area contributed by atoms with Crippen molar-refractivity contribution < 1.29 is 14.3 Å². The maximum Gasteiger partial charge on any atom is 0.264 e. The second-order valence-corrected chi connectivity index (χ2v) is 7.28. The number of para-hydroxylation sites is 2. The standard InChI is InChI=1S/C22H25N3O3S/c1-5-25(6-2)16-12-11-15(19(14-16)28-4)13-20-21(26)24-22(29-20)23-17-9-7-8-10-18(17)27-3/h7-14H,5-6H2,1-4H3,(H,23,24,26)/b20-13-. The summed E-state index contributed by atoms with van der Waals surface area (Å²) in [5.41, 5.74) is 2.61. The molecule has 0 radical (unpaired) electrons. The van der Waals surface area contributed by atoms with Gasteiger partial charge in [-0.15, -0.1) is 0 Å². The number of aliphatic imine (C=N–C) groups is 1. The number of amides is 1. The molecule has 6 nitrogen and oxygen atoms in total. The second-order valence-electron chi connectivity index (χ2n) is 6.25. The van der Waals surface area contributed by atoms with Crippen molar-refractivity contribution in [2.24, 2.45) is 4.99 Å². The molecule has 2 aromatic rings. The first-order valence-electron chi connectivity index (χ1n) is 9.45. The van der Waals surface area contributed by atoms with Crippen LogP contribution in [0, 0.1) is 0 Å². The lowest BCUT2D eigenvalue weighted by molar-refractivity contribution is -0.115. The number of carbonyl (C=O) groups excluding carboxylic acids is 1. The van der Waals surface area contributed by atoms with Crippen LogP contribution in [0.2, 0.25) is 0 Å². The van der Waals surface area contributed by atoms with Gasteiger partial charge in [-0.2, -0.15) is 0 Å². The lowest BCUT2D eigenvalue weighted by Crippen LogP contribution is -2.21.